The summed E-state index contributed by atoms with van der Waals surface area (Å²) < 4.78 is 0. The summed E-state index contributed by atoms with van der Waals surface area (Å²) in [5, 5.41) is 9.00. The number of nitrogen functional groups attached to an aromatic ring is 1. The molecule has 0 saturated carbocycles. The quantitative estimate of drug-likeness (QED) is 0.800. The summed E-state index contributed by atoms with van der Waals surface area (Å²) in [6.45, 7) is 2.40. The first kappa shape index (κ1) is 14.3. The molecule has 18 heavy (non-hydrogen) atoms. The fraction of sp³-hybridized carbons (Fsp3) is 0.333. The lowest BCUT2D eigenvalue weighted by atomic mass is 10.1. The number of benzene rings is 1. The molecule has 0 aliphatic rings. The van der Waals surface area contributed by atoms with E-state index >= 15 is 0 Å². The highest BCUT2D eigenvalue weighted by Crippen LogP contribution is 2.20. The summed E-state index contributed by atoms with van der Waals surface area (Å²) in [7, 11) is 0. The Morgan fingerprint density at radius 1 is 1.44 bits per heavy atom. The number of carboxylic acids is 1. The van der Waals surface area contributed by atoms with E-state index in [9.17, 15) is 9.59 Å². The smallest absolute Gasteiger partial charge is 0.305 e. The van der Waals surface area contributed by atoms with E-state index in [2.05, 4.69) is 0 Å². The maximum Gasteiger partial charge on any atom is 0.305 e. The van der Waals surface area contributed by atoms with Crippen LogP contribution in [0.4, 0.5) is 5.69 Å². The van der Waals surface area contributed by atoms with Gasteiger partial charge in [0.2, 0.25) is 0 Å². The van der Waals surface area contributed by atoms with E-state index in [-0.39, 0.29) is 18.9 Å². The standard InChI is InChI=1S/C12H15ClN2O3/c1-2-15(6-5-11(16)17)12(18)8-3-4-9(13)10(14)7-8/h3-4,7H,2,5-6,14H2,1H3,(H,16,17). The van der Waals surface area contributed by atoms with Crippen molar-refractivity contribution in [2.24, 2.45) is 0 Å². The van der Waals surface area contributed by atoms with Crippen molar-refractivity contribution in [1.29, 1.82) is 0 Å². The van der Waals surface area contributed by atoms with Crippen LogP contribution in [0, 0.1) is 0 Å². The molecule has 0 saturated heterocycles. The third-order valence-corrected chi connectivity index (χ3v) is 2.85. The number of amides is 1. The van der Waals surface area contributed by atoms with Gasteiger partial charge in [-0.05, 0) is 25.1 Å². The molecule has 98 valence electrons. The molecule has 0 spiro atoms. The van der Waals surface area contributed by atoms with Crippen molar-refractivity contribution >= 4 is 29.2 Å². The van der Waals surface area contributed by atoms with Crippen molar-refractivity contribution in [1.82, 2.24) is 4.90 Å². The van der Waals surface area contributed by atoms with E-state index in [1.165, 1.54) is 11.0 Å². The van der Waals surface area contributed by atoms with Gasteiger partial charge in [-0.25, -0.2) is 0 Å². The minimum absolute atomic E-state index is 0.0807. The average molecular weight is 271 g/mol. The lowest BCUT2D eigenvalue weighted by Crippen LogP contribution is -2.32. The van der Waals surface area contributed by atoms with Gasteiger partial charge < -0.3 is 15.7 Å². The van der Waals surface area contributed by atoms with Gasteiger partial charge in [0.05, 0.1) is 17.1 Å². The summed E-state index contributed by atoms with van der Waals surface area (Å²) in [6, 6.07) is 4.62. The fourth-order valence-corrected chi connectivity index (χ4v) is 1.61. The van der Waals surface area contributed by atoms with Crippen molar-refractivity contribution < 1.29 is 14.7 Å². The first-order chi connectivity index (χ1) is 8.45. The van der Waals surface area contributed by atoms with E-state index in [1.54, 1.807) is 19.1 Å². The molecule has 0 radical (unpaired) electrons. The number of hydrogen-bond donors (Lipinski definition) is 2. The molecule has 0 unspecified atom stereocenters. The summed E-state index contributed by atoms with van der Waals surface area (Å²) in [4.78, 5) is 24.0. The zero-order valence-electron chi connectivity index (χ0n) is 10.0. The molecule has 0 bridgehead atoms. The Balaban J connectivity index is 2.82. The number of hydrogen-bond acceptors (Lipinski definition) is 3. The van der Waals surface area contributed by atoms with Crippen molar-refractivity contribution in [2.75, 3.05) is 18.8 Å². The van der Waals surface area contributed by atoms with E-state index in [0.717, 1.165) is 0 Å². The van der Waals surface area contributed by atoms with E-state index in [4.69, 9.17) is 22.4 Å². The minimum atomic E-state index is -0.933. The van der Waals surface area contributed by atoms with E-state index in [1.807, 2.05) is 0 Å². The Bertz CT molecular complexity index is 463. The van der Waals surface area contributed by atoms with Gasteiger partial charge in [-0.15, -0.1) is 0 Å². The second-order valence-electron chi connectivity index (χ2n) is 3.76. The predicted molar refractivity (Wildman–Crippen MR) is 69.7 cm³/mol. The molecular formula is C12H15ClN2O3. The first-order valence-electron chi connectivity index (χ1n) is 5.51. The SMILES string of the molecule is CCN(CCC(=O)O)C(=O)c1ccc(Cl)c(N)c1. The molecule has 0 fully saturated rings. The van der Waals surface area contributed by atoms with Gasteiger partial charge in [0.25, 0.3) is 5.91 Å². The largest absolute Gasteiger partial charge is 0.481 e. The van der Waals surface area contributed by atoms with Gasteiger partial charge >= 0.3 is 5.97 Å². The van der Waals surface area contributed by atoms with Crippen LogP contribution in [-0.4, -0.2) is 35.0 Å². The molecule has 1 aromatic rings. The number of aliphatic carboxylic acids is 1. The Kier molecular flexibility index (Phi) is 4.97. The first-order valence-corrected chi connectivity index (χ1v) is 5.89. The van der Waals surface area contributed by atoms with Gasteiger partial charge in [-0.2, -0.15) is 0 Å². The van der Waals surface area contributed by atoms with Crippen LogP contribution in [0.2, 0.25) is 5.02 Å². The highest BCUT2D eigenvalue weighted by atomic mass is 35.5. The molecule has 1 amide bonds. The number of halogens is 1. The van der Waals surface area contributed by atoms with Crippen molar-refractivity contribution in [3.05, 3.63) is 28.8 Å². The Labute approximate surface area is 110 Å². The summed E-state index contributed by atoms with van der Waals surface area (Å²) in [5.74, 6) is -1.18. The molecule has 0 heterocycles. The third-order valence-electron chi connectivity index (χ3n) is 2.51. The van der Waals surface area contributed by atoms with Crippen LogP contribution in [0.15, 0.2) is 18.2 Å². The van der Waals surface area contributed by atoms with Gasteiger partial charge in [0, 0.05) is 18.7 Å². The average Bonchev–Trinajstić information content (AvgIpc) is 2.32. The summed E-state index contributed by atoms with van der Waals surface area (Å²) in [5.41, 5.74) is 6.36. The predicted octanol–water partition coefficient (Wildman–Crippen LogP) is 1.86. The van der Waals surface area contributed by atoms with Gasteiger partial charge in [-0.3, -0.25) is 9.59 Å². The second-order valence-corrected chi connectivity index (χ2v) is 4.17. The number of anilines is 1. The van der Waals surface area contributed by atoms with Crippen molar-refractivity contribution in [3.8, 4) is 0 Å². The Hall–Kier alpha value is -1.75. The second kappa shape index (κ2) is 6.26. The number of rotatable bonds is 5. The minimum Gasteiger partial charge on any atom is -0.481 e. The van der Waals surface area contributed by atoms with Crippen LogP contribution in [0.5, 0.6) is 0 Å². The van der Waals surface area contributed by atoms with Crippen molar-refractivity contribution in [2.45, 2.75) is 13.3 Å². The molecule has 1 rings (SSSR count). The van der Waals surface area contributed by atoms with Gasteiger partial charge in [0.15, 0.2) is 0 Å². The number of nitrogens with zero attached hydrogens (tertiary/aromatic N) is 1. The Morgan fingerprint density at radius 2 is 2.11 bits per heavy atom. The van der Waals surface area contributed by atoms with Crippen LogP contribution >= 0.6 is 11.6 Å². The lowest BCUT2D eigenvalue weighted by molar-refractivity contribution is -0.137. The topological polar surface area (TPSA) is 83.6 Å². The van der Waals surface area contributed by atoms with Crippen LogP contribution in [-0.2, 0) is 4.79 Å². The maximum absolute atomic E-state index is 12.1. The molecule has 0 aliphatic heterocycles. The van der Waals surface area contributed by atoms with Crippen LogP contribution < -0.4 is 5.73 Å². The third kappa shape index (κ3) is 3.63. The lowest BCUT2D eigenvalue weighted by Gasteiger charge is -2.20. The number of carboxylic acid groups (broad SMARTS) is 1. The summed E-state index contributed by atoms with van der Waals surface area (Å²) >= 11 is 5.77. The van der Waals surface area contributed by atoms with Crippen LogP contribution in [0.3, 0.4) is 0 Å². The highest BCUT2D eigenvalue weighted by Gasteiger charge is 2.15. The van der Waals surface area contributed by atoms with Gasteiger partial charge in [-0.1, -0.05) is 11.6 Å². The molecule has 0 aliphatic carbocycles. The van der Waals surface area contributed by atoms with Gasteiger partial charge in [0.1, 0.15) is 0 Å². The molecule has 3 N–H and O–H groups in total. The van der Waals surface area contributed by atoms with E-state index < -0.39 is 5.97 Å². The fourth-order valence-electron chi connectivity index (χ4n) is 1.49. The zero-order chi connectivity index (χ0) is 13.7. The number of carbonyl (C=O) groups is 2. The highest BCUT2D eigenvalue weighted by molar-refractivity contribution is 6.33. The summed E-state index contributed by atoms with van der Waals surface area (Å²) in [6.07, 6.45) is -0.0807. The molecule has 0 aromatic heterocycles. The van der Waals surface area contributed by atoms with Crippen LogP contribution in [0.25, 0.3) is 0 Å². The molecule has 5 nitrogen and oxygen atoms in total. The molecular weight excluding hydrogens is 256 g/mol. The van der Waals surface area contributed by atoms with Crippen molar-refractivity contribution in [3.63, 3.8) is 0 Å². The Morgan fingerprint density at radius 3 is 2.61 bits per heavy atom. The molecule has 0 atom stereocenters. The number of nitrogens with two attached hydrogens (primary N) is 1. The molecule has 1 aromatic carbocycles. The van der Waals surface area contributed by atoms with E-state index in [0.29, 0.717) is 22.8 Å². The zero-order valence-corrected chi connectivity index (χ0v) is 10.8. The molecule has 6 heteroatoms. The monoisotopic (exact) mass is 270 g/mol. The van der Waals surface area contributed by atoms with Crippen LogP contribution in [0.1, 0.15) is 23.7 Å². The maximum atomic E-state index is 12.1. The normalized spacial score (nSPS) is 10.1. The number of carbonyl (C=O) groups excluding carboxylic acids is 1.